The number of nitrogens with zero attached hydrogens (tertiary/aromatic N) is 2. The highest BCUT2D eigenvalue weighted by Gasteiger charge is 2.35. The molecule has 0 amide bonds. The smallest absolute Gasteiger partial charge is 0.0623 e. The average molecular weight is 290 g/mol. The Morgan fingerprint density at radius 3 is 2.77 bits per heavy atom. The molecular formula is C10H15IN2. The van der Waals surface area contributed by atoms with Gasteiger partial charge in [0.1, 0.15) is 0 Å². The number of halogens is 1. The predicted molar refractivity (Wildman–Crippen MR) is 61.4 cm³/mol. The van der Waals surface area contributed by atoms with Gasteiger partial charge in [-0.15, -0.1) is 0 Å². The zero-order valence-corrected chi connectivity index (χ0v) is 10.3. The summed E-state index contributed by atoms with van der Waals surface area (Å²) in [5.74, 6) is 0.852. The SMILES string of the molecule is CC1(C)CC(Cn2cc(I)cn2)C1. The second kappa shape index (κ2) is 3.26. The Kier molecular flexibility index (Phi) is 2.38. The molecule has 2 rings (SSSR count). The second-order valence-electron chi connectivity index (χ2n) is 4.82. The fraction of sp³-hybridized carbons (Fsp3) is 0.700. The van der Waals surface area contributed by atoms with Crippen LogP contribution in [0.3, 0.4) is 0 Å². The summed E-state index contributed by atoms with van der Waals surface area (Å²) in [7, 11) is 0. The largest absolute Gasteiger partial charge is 0.271 e. The van der Waals surface area contributed by atoms with Gasteiger partial charge in [0.2, 0.25) is 0 Å². The predicted octanol–water partition coefficient (Wildman–Crippen LogP) is 2.92. The molecule has 1 fully saturated rings. The molecule has 1 heterocycles. The van der Waals surface area contributed by atoms with Crippen molar-refractivity contribution in [1.29, 1.82) is 0 Å². The fourth-order valence-electron chi connectivity index (χ4n) is 2.33. The summed E-state index contributed by atoms with van der Waals surface area (Å²) in [6, 6.07) is 0. The molecule has 0 aromatic carbocycles. The summed E-state index contributed by atoms with van der Waals surface area (Å²) in [5.41, 5.74) is 0.588. The Hall–Kier alpha value is -0.0600. The van der Waals surface area contributed by atoms with E-state index >= 15 is 0 Å². The summed E-state index contributed by atoms with van der Waals surface area (Å²) in [5, 5.41) is 4.29. The second-order valence-corrected chi connectivity index (χ2v) is 6.06. The van der Waals surface area contributed by atoms with Crippen LogP contribution in [0.5, 0.6) is 0 Å². The number of aromatic nitrogens is 2. The summed E-state index contributed by atoms with van der Waals surface area (Å²) >= 11 is 2.30. The first kappa shape index (κ1) is 9.49. The van der Waals surface area contributed by atoms with E-state index in [1.54, 1.807) is 0 Å². The lowest BCUT2D eigenvalue weighted by Crippen LogP contribution is -2.34. The van der Waals surface area contributed by atoms with Crippen molar-refractivity contribution < 1.29 is 0 Å². The van der Waals surface area contributed by atoms with Gasteiger partial charge in [0.15, 0.2) is 0 Å². The van der Waals surface area contributed by atoms with E-state index in [0.717, 1.165) is 12.5 Å². The van der Waals surface area contributed by atoms with Gasteiger partial charge in [-0.25, -0.2) is 0 Å². The molecule has 1 aliphatic carbocycles. The van der Waals surface area contributed by atoms with Crippen LogP contribution < -0.4 is 0 Å². The first-order valence-corrected chi connectivity index (χ1v) is 5.81. The molecule has 2 nitrogen and oxygen atoms in total. The molecule has 1 aromatic heterocycles. The maximum atomic E-state index is 4.29. The number of rotatable bonds is 2. The number of hydrogen-bond donors (Lipinski definition) is 0. The molecule has 1 aromatic rings. The minimum atomic E-state index is 0.588. The first-order valence-electron chi connectivity index (χ1n) is 4.73. The van der Waals surface area contributed by atoms with Crippen LogP contribution >= 0.6 is 22.6 Å². The Morgan fingerprint density at radius 2 is 2.31 bits per heavy atom. The third-order valence-corrected chi connectivity index (χ3v) is 3.29. The number of hydrogen-bond acceptors (Lipinski definition) is 1. The molecule has 0 N–H and O–H groups in total. The average Bonchev–Trinajstić information content (AvgIpc) is 2.31. The van der Waals surface area contributed by atoms with Gasteiger partial charge < -0.3 is 0 Å². The van der Waals surface area contributed by atoms with Gasteiger partial charge in [-0.05, 0) is 46.8 Å². The van der Waals surface area contributed by atoms with Crippen LogP contribution in [0.15, 0.2) is 12.4 Å². The van der Waals surface area contributed by atoms with Gasteiger partial charge in [0, 0.05) is 12.7 Å². The van der Waals surface area contributed by atoms with Crippen molar-refractivity contribution in [1.82, 2.24) is 9.78 Å². The topological polar surface area (TPSA) is 17.8 Å². The van der Waals surface area contributed by atoms with Crippen LogP contribution in [0.4, 0.5) is 0 Å². The van der Waals surface area contributed by atoms with E-state index in [1.807, 2.05) is 6.20 Å². The summed E-state index contributed by atoms with van der Waals surface area (Å²) in [6.07, 6.45) is 6.74. The van der Waals surface area contributed by atoms with Gasteiger partial charge >= 0.3 is 0 Å². The van der Waals surface area contributed by atoms with Crippen molar-refractivity contribution in [3.63, 3.8) is 0 Å². The Balaban J connectivity index is 1.87. The van der Waals surface area contributed by atoms with Crippen LogP contribution in [0, 0.1) is 14.9 Å². The fourth-order valence-corrected chi connectivity index (χ4v) is 2.78. The molecule has 0 spiro atoms. The molecule has 0 unspecified atom stereocenters. The van der Waals surface area contributed by atoms with Crippen LogP contribution in [0.2, 0.25) is 0 Å². The van der Waals surface area contributed by atoms with E-state index in [-0.39, 0.29) is 0 Å². The molecule has 13 heavy (non-hydrogen) atoms. The molecule has 72 valence electrons. The Bertz CT molecular complexity index is 296. The van der Waals surface area contributed by atoms with Crippen molar-refractivity contribution in [2.24, 2.45) is 11.3 Å². The maximum absolute atomic E-state index is 4.29. The van der Waals surface area contributed by atoms with E-state index in [4.69, 9.17) is 0 Å². The third-order valence-electron chi connectivity index (χ3n) is 2.73. The zero-order chi connectivity index (χ0) is 9.47. The lowest BCUT2D eigenvalue weighted by molar-refractivity contribution is 0.0800. The van der Waals surface area contributed by atoms with Gasteiger partial charge in [-0.3, -0.25) is 4.68 Å². The van der Waals surface area contributed by atoms with E-state index in [2.05, 4.69) is 52.4 Å². The minimum Gasteiger partial charge on any atom is -0.271 e. The highest BCUT2D eigenvalue weighted by Crippen LogP contribution is 2.45. The lowest BCUT2D eigenvalue weighted by atomic mass is 9.64. The minimum absolute atomic E-state index is 0.588. The van der Waals surface area contributed by atoms with Gasteiger partial charge in [0.05, 0.1) is 9.77 Å². The summed E-state index contributed by atoms with van der Waals surface area (Å²) in [4.78, 5) is 0. The monoisotopic (exact) mass is 290 g/mol. The van der Waals surface area contributed by atoms with Crippen LogP contribution in [-0.2, 0) is 6.54 Å². The molecular weight excluding hydrogens is 275 g/mol. The van der Waals surface area contributed by atoms with Crippen molar-refractivity contribution >= 4 is 22.6 Å². The first-order chi connectivity index (χ1) is 6.05. The summed E-state index contributed by atoms with van der Waals surface area (Å²) in [6.45, 7) is 5.79. The van der Waals surface area contributed by atoms with Gasteiger partial charge in [-0.1, -0.05) is 13.8 Å². The van der Waals surface area contributed by atoms with Crippen LogP contribution in [0.1, 0.15) is 26.7 Å². The van der Waals surface area contributed by atoms with Crippen molar-refractivity contribution in [2.75, 3.05) is 0 Å². The van der Waals surface area contributed by atoms with E-state index < -0.39 is 0 Å². The molecule has 0 atom stereocenters. The van der Waals surface area contributed by atoms with Crippen molar-refractivity contribution in [2.45, 2.75) is 33.2 Å². The molecule has 3 heteroatoms. The quantitative estimate of drug-likeness (QED) is 0.766. The van der Waals surface area contributed by atoms with Crippen molar-refractivity contribution in [3.8, 4) is 0 Å². The molecule has 1 saturated carbocycles. The zero-order valence-electron chi connectivity index (χ0n) is 8.13. The van der Waals surface area contributed by atoms with Crippen LogP contribution in [-0.4, -0.2) is 9.78 Å². The van der Waals surface area contributed by atoms with E-state index in [9.17, 15) is 0 Å². The molecule has 0 bridgehead atoms. The maximum Gasteiger partial charge on any atom is 0.0623 e. The highest BCUT2D eigenvalue weighted by atomic mass is 127. The normalized spacial score (nSPS) is 21.5. The van der Waals surface area contributed by atoms with Gasteiger partial charge in [0.25, 0.3) is 0 Å². The van der Waals surface area contributed by atoms with Crippen molar-refractivity contribution in [3.05, 3.63) is 16.0 Å². The summed E-state index contributed by atoms with van der Waals surface area (Å²) < 4.78 is 3.30. The molecule has 0 aliphatic heterocycles. The highest BCUT2D eigenvalue weighted by molar-refractivity contribution is 14.1. The molecule has 0 radical (unpaired) electrons. The lowest BCUT2D eigenvalue weighted by Gasteiger charge is -2.42. The van der Waals surface area contributed by atoms with Gasteiger partial charge in [-0.2, -0.15) is 5.10 Å². The van der Waals surface area contributed by atoms with Crippen LogP contribution in [0.25, 0.3) is 0 Å². The Labute approximate surface area is 92.8 Å². The Morgan fingerprint density at radius 1 is 1.62 bits per heavy atom. The van der Waals surface area contributed by atoms with E-state index in [1.165, 1.54) is 16.4 Å². The molecule has 1 aliphatic rings. The van der Waals surface area contributed by atoms with E-state index in [0.29, 0.717) is 5.41 Å². The third kappa shape index (κ3) is 2.24. The standard InChI is InChI=1S/C10H15IN2/c1-10(2)3-8(4-10)6-13-7-9(11)5-12-13/h5,7-8H,3-4,6H2,1-2H3. The molecule has 0 saturated heterocycles.